The molecule has 0 spiro atoms. The highest BCUT2D eigenvalue weighted by atomic mass is 16.4. The van der Waals surface area contributed by atoms with Crippen LogP contribution in [0.3, 0.4) is 0 Å². The Kier molecular flexibility index (Phi) is 4.32. The van der Waals surface area contributed by atoms with E-state index >= 15 is 0 Å². The molecule has 17 heavy (non-hydrogen) atoms. The van der Waals surface area contributed by atoms with Crippen molar-refractivity contribution in [3.63, 3.8) is 0 Å². The summed E-state index contributed by atoms with van der Waals surface area (Å²) in [6.07, 6.45) is 5.65. The summed E-state index contributed by atoms with van der Waals surface area (Å²) in [5, 5.41) is 9.07. The maximum atomic E-state index is 11.9. The van der Waals surface area contributed by atoms with E-state index in [0.717, 1.165) is 12.8 Å². The van der Waals surface area contributed by atoms with Gasteiger partial charge in [-0.2, -0.15) is 0 Å². The number of rotatable bonds is 2. The van der Waals surface area contributed by atoms with Crippen LogP contribution in [0.2, 0.25) is 0 Å². The van der Waals surface area contributed by atoms with E-state index in [1.165, 1.54) is 11.0 Å². The largest absolute Gasteiger partial charge is 0.480 e. The van der Waals surface area contributed by atoms with E-state index in [-0.39, 0.29) is 11.3 Å². The zero-order valence-corrected chi connectivity index (χ0v) is 10.8. The van der Waals surface area contributed by atoms with E-state index in [4.69, 9.17) is 5.11 Å². The van der Waals surface area contributed by atoms with Crippen LogP contribution in [-0.2, 0) is 9.59 Å². The summed E-state index contributed by atoms with van der Waals surface area (Å²) in [5.41, 5.74) is -0.0653. The van der Waals surface area contributed by atoms with E-state index in [9.17, 15) is 9.59 Å². The molecule has 4 heteroatoms. The Morgan fingerprint density at radius 1 is 1.29 bits per heavy atom. The molecule has 4 nitrogen and oxygen atoms in total. The molecule has 1 fully saturated rings. The van der Waals surface area contributed by atoms with Crippen LogP contribution in [0, 0.1) is 5.41 Å². The average molecular weight is 239 g/mol. The number of likely N-dealkylation sites (tertiary alicyclic amines) is 1. The Labute approximate surface area is 102 Å². The van der Waals surface area contributed by atoms with Gasteiger partial charge in [-0.25, -0.2) is 4.79 Å². The summed E-state index contributed by atoms with van der Waals surface area (Å²) >= 11 is 0. The normalized spacial score (nSPS) is 21.8. The van der Waals surface area contributed by atoms with Crippen molar-refractivity contribution < 1.29 is 14.7 Å². The summed E-state index contributed by atoms with van der Waals surface area (Å²) in [6.45, 7) is 6.55. The molecule has 1 unspecified atom stereocenters. The van der Waals surface area contributed by atoms with Crippen molar-refractivity contribution in [1.29, 1.82) is 0 Å². The number of hydrogen-bond acceptors (Lipinski definition) is 2. The summed E-state index contributed by atoms with van der Waals surface area (Å²) < 4.78 is 0. The van der Waals surface area contributed by atoms with Crippen LogP contribution >= 0.6 is 0 Å². The molecule has 0 aromatic rings. The van der Waals surface area contributed by atoms with Gasteiger partial charge in [-0.15, -0.1) is 0 Å². The van der Waals surface area contributed by atoms with Crippen molar-refractivity contribution in [2.24, 2.45) is 5.41 Å². The molecule has 0 bridgehead atoms. The molecule has 1 rings (SSSR count). The van der Waals surface area contributed by atoms with Gasteiger partial charge in [-0.3, -0.25) is 4.79 Å². The van der Waals surface area contributed by atoms with Crippen LogP contribution in [-0.4, -0.2) is 34.5 Å². The summed E-state index contributed by atoms with van der Waals surface area (Å²) in [5.74, 6) is -1.09. The van der Waals surface area contributed by atoms with Gasteiger partial charge in [0.2, 0.25) is 5.91 Å². The third-order valence-electron chi connectivity index (χ3n) is 2.80. The second kappa shape index (κ2) is 5.34. The molecule has 0 radical (unpaired) electrons. The molecule has 1 saturated heterocycles. The van der Waals surface area contributed by atoms with E-state index in [2.05, 4.69) is 0 Å². The van der Waals surface area contributed by atoms with Gasteiger partial charge in [-0.1, -0.05) is 26.8 Å². The molecular formula is C13H21NO3. The summed E-state index contributed by atoms with van der Waals surface area (Å²) in [6, 6.07) is -0.652. The van der Waals surface area contributed by atoms with Crippen molar-refractivity contribution in [3.05, 3.63) is 12.2 Å². The van der Waals surface area contributed by atoms with Crippen molar-refractivity contribution in [2.45, 2.75) is 46.1 Å². The molecule has 0 saturated carbocycles. The van der Waals surface area contributed by atoms with Crippen LogP contribution < -0.4 is 0 Å². The second-order valence-electron chi connectivity index (χ2n) is 5.58. The SMILES string of the molecule is CC(C)(C)/C=C/C(=O)N1CCCCC1C(=O)O. The molecule has 1 aliphatic heterocycles. The second-order valence-corrected chi connectivity index (χ2v) is 5.58. The predicted octanol–water partition coefficient (Wildman–Crippen LogP) is 2.05. The lowest BCUT2D eigenvalue weighted by Crippen LogP contribution is -2.47. The lowest BCUT2D eigenvalue weighted by atomic mass is 9.96. The number of allylic oxidation sites excluding steroid dienone is 1. The highest BCUT2D eigenvalue weighted by Crippen LogP contribution is 2.19. The third kappa shape index (κ3) is 4.21. The fraction of sp³-hybridized carbons (Fsp3) is 0.692. The molecule has 1 aliphatic rings. The minimum atomic E-state index is -0.901. The molecule has 0 aromatic carbocycles. The highest BCUT2D eigenvalue weighted by molar-refractivity contribution is 5.91. The number of carboxylic acid groups (broad SMARTS) is 1. The number of carbonyl (C=O) groups excluding carboxylic acids is 1. The molecule has 96 valence electrons. The zero-order valence-electron chi connectivity index (χ0n) is 10.8. The van der Waals surface area contributed by atoms with Crippen LogP contribution in [0.25, 0.3) is 0 Å². The van der Waals surface area contributed by atoms with Crippen molar-refractivity contribution in [3.8, 4) is 0 Å². The van der Waals surface area contributed by atoms with E-state index in [0.29, 0.717) is 13.0 Å². The van der Waals surface area contributed by atoms with Crippen LogP contribution in [0.4, 0.5) is 0 Å². The van der Waals surface area contributed by atoms with Crippen molar-refractivity contribution in [2.75, 3.05) is 6.54 Å². The first-order valence-electron chi connectivity index (χ1n) is 6.04. The highest BCUT2D eigenvalue weighted by Gasteiger charge is 2.30. The van der Waals surface area contributed by atoms with Gasteiger partial charge in [0.15, 0.2) is 0 Å². The first-order chi connectivity index (χ1) is 7.81. The first kappa shape index (κ1) is 13.7. The fourth-order valence-electron chi connectivity index (χ4n) is 1.87. The van der Waals surface area contributed by atoms with Gasteiger partial charge in [0.1, 0.15) is 6.04 Å². The Morgan fingerprint density at radius 3 is 2.47 bits per heavy atom. The Morgan fingerprint density at radius 2 is 1.94 bits per heavy atom. The van der Waals surface area contributed by atoms with E-state index in [1.807, 2.05) is 26.8 Å². The molecule has 1 amide bonds. The summed E-state index contributed by atoms with van der Waals surface area (Å²) in [4.78, 5) is 24.5. The number of nitrogens with zero attached hydrogens (tertiary/aromatic N) is 1. The zero-order chi connectivity index (χ0) is 13.1. The minimum absolute atomic E-state index is 0.0653. The number of carbonyl (C=O) groups is 2. The maximum absolute atomic E-state index is 11.9. The Hall–Kier alpha value is -1.32. The van der Waals surface area contributed by atoms with Gasteiger partial charge in [-0.05, 0) is 30.8 Å². The lowest BCUT2D eigenvalue weighted by molar-refractivity contribution is -0.150. The lowest BCUT2D eigenvalue weighted by Gasteiger charge is -2.32. The number of hydrogen-bond donors (Lipinski definition) is 1. The number of amides is 1. The maximum Gasteiger partial charge on any atom is 0.326 e. The van der Waals surface area contributed by atoms with Gasteiger partial charge >= 0.3 is 5.97 Å². The quantitative estimate of drug-likeness (QED) is 0.750. The predicted molar refractivity (Wildman–Crippen MR) is 65.6 cm³/mol. The Balaban J connectivity index is 2.72. The molecular weight excluding hydrogens is 218 g/mol. The molecule has 0 aliphatic carbocycles. The first-order valence-corrected chi connectivity index (χ1v) is 6.04. The van der Waals surface area contributed by atoms with E-state index < -0.39 is 12.0 Å². The van der Waals surface area contributed by atoms with E-state index in [1.54, 1.807) is 0 Å². The van der Waals surface area contributed by atoms with Crippen LogP contribution in [0.15, 0.2) is 12.2 Å². The number of piperidine rings is 1. The van der Waals surface area contributed by atoms with Gasteiger partial charge in [0.25, 0.3) is 0 Å². The topological polar surface area (TPSA) is 57.6 Å². The Bertz CT molecular complexity index is 328. The van der Waals surface area contributed by atoms with Crippen LogP contribution in [0.5, 0.6) is 0 Å². The van der Waals surface area contributed by atoms with Gasteiger partial charge in [0, 0.05) is 6.54 Å². The molecule has 1 heterocycles. The summed E-state index contributed by atoms with van der Waals surface area (Å²) in [7, 11) is 0. The monoisotopic (exact) mass is 239 g/mol. The van der Waals surface area contributed by atoms with Crippen molar-refractivity contribution in [1.82, 2.24) is 4.90 Å². The fourth-order valence-corrected chi connectivity index (χ4v) is 1.87. The molecule has 0 aromatic heterocycles. The molecule has 1 N–H and O–H groups in total. The van der Waals surface area contributed by atoms with Crippen LogP contribution in [0.1, 0.15) is 40.0 Å². The third-order valence-corrected chi connectivity index (χ3v) is 2.80. The standard InChI is InChI=1S/C13H21NO3/c1-13(2,3)8-7-11(15)14-9-5-4-6-10(14)12(16)17/h7-8,10H,4-6,9H2,1-3H3,(H,16,17)/b8-7+. The average Bonchev–Trinajstić information content (AvgIpc) is 2.25. The number of aliphatic carboxylic acids is 1. The van der Waals surface area contributed by atoms with Crippen molar-refractivity contribution >= 4 is 11.9 Å². The van der Waals surface area contributed by atoms with Gasteiger partial charge < -0.3 is 10.0 Å². The van der Waals surface area contributed by atoms with Gasteiger partial charge in [0.05, 0.1) is 0 Å². The molecule has 1 atom stereocenters. The number of carboxylic acids is 1. The smallest absolute Gasteiger partial charge is 0.326 e. The minimum Gasteiger partial charge on any atom is -0.480 e.